The first kappa shape index (κ1) is 17.5. The van der Waals surface area contributed by atoms with E-state index in [4.69, 9.17) is 0 Å². The number of nitrogens with zero attached hydrogens (tertiary/aromatic N) is 1. The molecular weight excluding hydrogens is 368 g/mol. The van der Waals surface area contributed by atoms with Crippen molar-refractivity contribution in [2.75, 3.05) is 13.1 Å². The Morgan fingerprint density at radius 3 is 2.30 bits per heavy atom. The quantitative estimate of drug-likeness (QED) is 0.321. The molecule has 0 saturated carbocycles. The number of carbonyl (C=O) groups is 1. The van der Waals surface area contributed by atoms with Gasteiger partial charge >= 0.3 is 131 Å². The Morgan fingerprint density at radius 2 is 1.85 bits per heavy atom. The van der Waals surface area contributed by atoms with Gasteiger partial charge in [-0.05, 0) is 0 Å². The van der Waals surface area contributed by atoms with Crippen LogP contribution in [0.1, 0.15) is 38.1 Å². The first-order valence-electron chi connectivity index (χ1n) is 6.82. The van der Waals surface area contributed by atoms with Gasteiger partial charge < -0.3 is 0 Å². The summed E-state index contributed by atoms with van der Waals surface area (Å²) in [6.07, 6.45) is 0. The van der Waals surface area contributed by atoms with E-state index in [-0.39, 0.29) is 27.1 Å². The Bertz CT molecular complexity index is 462. The summed E-state index contributed by atoms with van der Waals surface area (Å²) in [6.45, 7) is 9.45. The zero-order chi connectivity index (χ0) is 15.3. The van der Waals surface area contributed by atoms with Gasteiger partial charge in [0, 0.05) is 0 Å². The number of carbonyl (C=O) groups excluding carboxylic acids is 1. The number of alkyl halides is 1. The molecule has 0 bridgehead atoms. The molecule has 2 N–H and O–H groups in total. The fourth-order valence-corrected chi connectivity index (χ4v) is 4.39. The fourth-order valence-electron chi connectivity index (χ4n) is 1.89. The third-order valence-electron chi connectivity index (χ3n) is 2.86. The van der Waals surface area contributed by atoms with Crippen molar-refractivity contribution in [1.82, 2.24) is 4.90 Å². The summed E-state index contributed by atoms with van der Waals surface area (Å²) in [4.78, 5) is 14.1. The molecule has 6 heteroatoms. The first-order valence-corrected chi connectivity index (χ1v) is 9.15. The summed E-state index contributed by atoms with van der Waals surface area (Å²) in [7, 11) is -1.53. The normalized spacial score (nSPS) is 10.9. The molecule has 0 fully saturated rings. The number of rotatable bonds is 6. The van der Waals surface area contributed by atoms with Gasteiger partial charge in [0.15, 0.2) is 0 Å². The van der Waals surface area contributed by atoms with Crippen LogP contribution in [0.25, 0.3) is 0 Å². The van der Waals surface area contributed by atoms with Gasteiger partial charge in [-0.15, -0.1) is 0 Å². The third kappa shape index (κ3) is 4.75. The van der Waals surface area contributed by atoms with Gasteiger partial charge in [-0.25, -0.2) is 0 Å². The molecule has 0 unspecified atom stereocenters. The number of hydrogen-bond donors (Lipinski definition) is 2. The van der Waals surface area contributed by atoms with Gasteiger partial charge in [-0.1, -0.05) is 0 Å². The number of amides is 1. The van der Waals surface area contributed by atoms with E-state index in [9.17, 15) is 14.8 Å². The zero-order valence-electron chi connectivity index (χ0n) is 12.4. The molecule has 1 aromatic rings. The van der Waals surface area contributed by atoms with E-state index in [0.717, 1.165) is 3.57 Å². The van der Waals surface area contributed by atoms with Crippen LogP contribution in [-0.2, 0) is 0 Å². The van der Waals surface area contributed by atoms with Gasteiger partial charge in [-0.2, -0.15) is 0 Å². The Hall–Kier alpha value is -0.595. The predicted molar refractivity (Wildman–Crippen MR) is 77.4 cm³/mol. The van der Waals surface area contributed by atoms with E-state index >= 15 is 0 Å². The summed E-state index contributed by atoms with van der Waals surface area (Å²) < 4.78 is 1.62. The van der Waals surface area contributed by atoms with E-state index < -0.39 is 7.12 Å². The molecule has 0 spiro atoms. The van der Waals surface area contributed by atoms with Crippen LogP contribution >= 0.6 is 0 Å². The van der Waals surface area contributed by atoms with Crippen molar-refractivity contribution < 1.29 is 36.0 Å². The van der Waals surface area contributed by atoms with Crippen molar-refractivity contribution >= 4 is 18.5 Å². The van der Waals surface area contributed by atoms with Crippen LogP contribution in [0.4, 0.5) is 0 Å². The summed E-state index contributed by atoms with van der Waals surface area (Å²) in [5, 5.41) is 18.8. The monoisotopic (exact) mass is 390 g/mol. The second-order valence-corrected chi connectivity index (χ2v) is 9.11. The average Bonchev–Trinajstić information content (AvgIpc) is 2.38. The van der Waals surface area contributed by atoms with Gasteiger partial charge in [-0.3, -0.25) is 0 Å². The number of hydrogen-bond acceptors (Lipinski definition) is 3. The van der Waals surface area contributed by atoms with Gasteiger partial charge in [0.2, 0.25) is 0 Å². The minimum atomic E-state index is -1.53. The molecule has 0 aliphatic rings. The minimum absolute atomic E-state index is 0.0495. The molecular formula is C14H22BINO3-. The second kappa shape index (κ2) is 8.00. The molecule has 0 radical (unpaired) electrons. The van der Waals surface area contributed by atoms with Crippen LogP contribution in [0.2, 0.25) is 0 Å². The van der Waals surface area contributed by atoms with E-state index in [1.807, 2.05) is 19.9 Å². The fraction of sp³-hybridized carbons (Fsp3) is 0.500. The maximum atomic E-state index is 12.4. The van der Waals surface area contributed by atoms with E-state index in [2.05, 4.69) is 13.8 Å². The topological polar surface area (TPSA) is 60.8 Å². The van der Waals surface area contributed by atoms with Crippen LogP contribution < -0.4 is 26.7 Å². The average molecular weight is 390 g/mol. The van der Waals surface area contributed by atoms with Crippen molar-refractivity contribution in [3.8, 4) is 0 Å². The zero-order valence-corrected chi connectivity index (χ0v) is 14.6. The van der Waals surface area contributed by atoms with Crippen LogP contribution in [-0.4, -0.2) is 45.0 Å². The maximum absolute atomic E-state index is 12.4. The van der Waals surface area contributed by atoms with Crippen molar-refractivity contribution in [3.05, 3.63) is 27.3 Å². The van der Waals surface area contributed by atoms with Crippen molar-refractivity contribution in [3.63, 3.8) is 0 Å². The predicted octanol–water partition coefficient (Wildman–Crippen LogP) is -2.48. The SMILES string of the molecule is CCN(CC)C(=O)c1cc([I-]C(C)C)cc(B(O)O)c1. The summed E-state index contributed by atoms with van der Waals surface area (Å²) >= 11 is -0.239. The summed E-state index contributed by atoms with van der Waals surface area (Å²) in [6, 6.07) is 5.29. The molecule has 0 aliphatic heterocycles. The Kier molecular flexibility index (Phi) is 6.98. The van der Waals surface area contributed by atoms with E-state index in [1.54, 1.807) is 17.0 Å². The van der Waals surface area contributed by atoms with Gasteiger partial charge in [0.25, 0.3) is 0 Å². The van der Waals surface area contributed by atoms with Crippen molar-refractivity contribution in [2.24, 2.45) is 0 Å². The number of halogens is 1. The molecule has 112 valence electrons. The molecule has 1 rings (SSSR count). The molecule has 0 heterocycles. The van der Waals surface area contributed by atoms with Gasteiger partial charge in [0.1, 0.15) is 0 Å². The molecule has 20 heavy (non-hydrogen) atoms. The van der Waals surface area contributed by atoms with Crippen molar-refractivity contribution in [1.29, 1.82) is 0 Å². The summed E-state index contributed by atoms with van der Waals surface area (Å²) in [5.41, 5.74) is 0.952. The molecule has 0 aromatic heterocycles. The molecule has 0 atom stereocenters. The molecule has 0 aliphatic carbocycles. The molecule has 1 aromatic carbocycles. The third-order valence-corrected chi connectivity index (χ3v) is 5.45. The summed E-state index contributed by atoms with van der Waals surface area (Å²) in [5.74, 6) is -0.0495. The standard InChI is InChI=1S/C14H22BINO3/c1-5-17(6-2)14(18)11-7-12(15(19)20)9-13(8-11)16-10(3)4/h7-10,19-20H,5-6H2,1-4H3/q-1. The van der Waals surface area contributed by atoms with Crippen LogP contribution in [0.5, 0.6) is 0 Å². The molecule has 1 amide bonds. The van der Waals surface area contributed by atoms with Gasteiger partial charge in [0.05, 0.1) is 0 Å². The first-order chi connectivity index (χ1) is 9.38. The van der Waals surface area contributed by atoms with Crippen LogP contribution in [0.3, 0.4) is 0 Å². The van der Waals surface area contributed by atoms with Crippen LogP contribution in [0, 0.1) is 3.57 Å². The Labute approximate surface area is 131 Å². The molecule has 4 nitrogen and oxygen atoms in total. The van der Waals surface area contributed by atoms with E-state index in [1.165, 1.54) is 0 Å². The molecule has 0 saturated heterocycles. The number of benzene rings is 1. The van der Waals surface area contributed by atoms with Crippen LogP contribution in [0.15, 0.2) is 18.2 Å². The van der Waals surface area contributed by atoms with Crippen molar-refractivity contribution in [2.45, 2.75) is 31.6 Å². The van der Waals surface area contributed by atoms with E-state index in [0.29, 0.717) is 28.0 Å². The Balaban J connectivity index is 3.17. The Morgan fingerprint density at radius 1 is 1.25 bits per heavy atom. The second-order valence-electron chi connectivity index (χ2n) is 4.75.